The van der Waals surface area contributed by atoms with Crippen LogP contribution in [0.4, 0.5) is 0 Å². The Morgan fingerprint density at radius 2 is 1.89 bits per heavy atom. The highest BCUT2D eigenvalue weighted by Gasteiger charge is 2.01. The first-order valence-electron chi connectivity index (χ1n) is 5.70. The molecule has 2 heteroatoms. The van der Waals surface area contributed by atoms with Gasteiger partial charge in [-0.2, -0.15) is 0 Å². The topological polar surface area (TPSA) is 17.1 Å². The van der Waals surface area contributed by atoms with Crippen LogP contribution in [0.25, 0.3) is 6.08 Å². The Hall–Kier alpha value is -1.67. The van der Waals surface area contributed by atoms with Crippen LogP contribution in [0.5, 0.6) is 0 Å². The molecule has 18 heavy (non-hydrogen) atoms. The Labute approximate surface area is 115 Å². The molecule has 1 nitrogen and oxygen atoms in total. The maximum absolute atomic E-state index is 12.0. The van der Waals surface area contributed by atoms with Gasteiger partial charge in [0, 0.05) is 10.0 Å². The lowest BCUT2D eigenvalue weighted by Gasteiger charge is -1.98. The zero-order valence-corrected chi connectivity index (χ0v) is 11.6. The second kappa shape index (κ2) is 5.78. The van der Waals surface area contributed by atoms with Crippen molar-refractivity contribution in [2.75, 3.05) is 0 Å². The molecule has 0 N–H and O–H groups in total. The maximum atomic E-state index is 12.0. The quantitative estimate of drug-likeness (QED) is 0.595. The average Bonchev–Trinajstić information content (AvgIpc) is 2.36. The van der Waals surface area contributed by atoms with Crippen molar-refractivity contribution in [2.24, 2.45) is 0 Å². The molecular weight excluding hydrogens is 288 g/mol. The summed E-state index contributed by atoms with van der Waals surface area (Å²) in [6.45, 7) is 1.98. The van der Waals surface area contributed by atoms with Crippen molar-refractivity contribution in [3.63, 3.8) is 0 Å². The third kappa shape index (κ3) is 3.41. The van der Waals surface area contributed by atoms with Crippen LogP contribution in [0, 0.1) is 6.92 Å². The summed E-state index contributed by atoms with van der Waals surface area (Å²) in [6, 6.07) is 15.4. The van der Waals surface area contributed by atoms with Gasteiger partial charge in [-0.3, -0.25) is 4.79 Å². The summed E-state index contributed by atoms with van der Waals surface area (Å²) in [4.78, 5) is 12.0. The Bertz CT molecular complexity index is 600. The van der Waals surface area contributed by atoms with Gasteiger partial charge in [-0.05, 0) is 36.8 Å². The monoisotopic (exact) mass is 300 g/mol. The highest BCUT2D eigenvalue weighted by Crippen LogP contribution is 2.13. The summed E-state index contributed by atoms with van der Waals surface area (Å²) in [6.07, 6.45) is 3.44. The maximum Gasteiger partial charge on any atom is 0.185 e. The van der Waals surface area contributed by atoms with Gasteiger partial charge in [-0.15, -0.1) is 0 Å². The van der Waals surface area contributed by atoms with Crippen molar-refractivity contribution in [2.45, 2.75) is 6.92 Å². The number of benzene rings is 2. The Morgan fingerprint density at radius 1 is 1.11 bits per heavy atom. The molecule has 90 valence electrons. The van der Waals surface area contributed by atoms with Crippen molar-refractivity contribution in [1.82, 2.24) is 0 Å². The summed E-state index contributed by atoms with van der Waals surface area (Å²) in [5.41, 5.74) is 2.82. The lowest BCUT2D eigenvalue weighted by Crippen LogP contribution is -1.94. The number of hydrogen-bond acceptors (Lipinski definition) is 1. The van der Waals surface area contributed by atoms with Crippen molar-refractivity contribution < 1.29 is 4.79 Å². The highest BCUT2D eigenvalue weighted by atomic mass is 79.9. The molecule has 2 rings (SSSR count). The van der Waals surface area contributed by atoms with Crippen LogP contribution in [0.1, 0.15) is 21.5 Å². The summed E-state index contributed by atoms with van der Waals surface area (Å²) >= 11 is 3.40. The molecule has 0 aromatic heterocycles. The van der Waals surface area contributed by atoms with Crippen molar-refractivity contribution in [3.8, 4) is 0 Å². The first kappa shape index (κ1) is 12.8. The van der Waals surface area contributed by atoms with Gasteiger partial charge >= 0.3 is 0 Å². The predicted octanol–water partition coefficient (Wildman–Crippen LogP) is 4.65. The minimum absolute atomic E-state index is 0.0266. The van der Waals surface area contributed by atoms with Crippen LogP contribution in [-0.4, -0.2) is 5.78 Å². The van der Waals surface area contributed by atoms with Gasteiger partial charge in [0.1, 0.15) is 0 Å². The first-order valence-corrected chi connectivity index (χ1v) is 6.49. The van der Waals surface area contributed by atoms with Crippen LogP contribution in [-0.2, 0) is 0 Å². The van der Waals surface area contributed by atoms with E-state index in [1.807, 2.05) is 61.5 Å². The minimum atomic E-state index is 0.0266. The molecule has 0 heterocycles. The smallest absolute Gasteiger partial charge is 0.185 e. The van der Waals surface area contributed by atoms with E-state index < -0.39 is 0 Å². The molecule has 0 aliphatic rings. The van der Waals surface area contributed by atoms with E-state index in [1.54, 1.807) is 6.08 Å². The molecule has 0 unspecified atom stereocenters. The number of carbonyl (C=O) groups excluding carboxylic acids is 1. The molecule has 0 saturated heterocycles. The molecule has 2 aromatic rings. The van der Waals surface area contributed by atoms with Crippen LogP contribution < -0.4 is 0 Å². The van der Waals surface area contributed by atoms with Gasteiger partial charge in [0.15, 0.2) is 5.78 Å². The molecule has 0 fully saturated rings. The van der Waals surface area contributed by atoms with Crippen LogP contribution in [0.15, 0.2) is 59.1 Å². The molecule has 0 aliphatic heterocycles. The number of carbonyl (C=O) groups is 1. The zero-order valence-electron chi connectivity index (χ0n) is 10.1. The van der Waals surface area contributed by atoms with Crippen molar-refractivity contribution in [3.05, 3.63) is 75.8 Å². The number of allylic oxidation sites excluding steroid dienone is 1. The number of hydrogen-bond donors (Lipinski definition) is 0. The molecule has 0 atom stereocenters. The molecule has 0 radical (unpaired) electrons. The van der Waals surface area contributed by atoms with E-state index in [9.17, 15) is 4.79 Å². The van der Waals surface area contributed by atoms with E-state index in [2.05, 4.69) is 15.9 Å². The van der Waals surface area contributed by atoms with E-state index in [4.69, 9.17) is 0 Å². The number of aryl methyl sites for hydroxylation is 1. The molecule has 0 amide bonds. The average molecular weight is 301 g/mol. The normalized spacial score (nSPS) is 10.8. The Balaban J connectivity index is 2.17. The standard InChI is InChI=1S/C16H13BrO/c1-12-4-2-6-14(10-12)16(18)9-8-13-5-3-7-15(17)11-13/h2-11H,1H3/b9-8+. The molecular formula is C16H13BrO. The number of halogens is 1. The lowest BCUT2D eigenvalue weighted by molar-refractivity contribution is 0.104. The van der Waals surface area contributed by atoms with E-state index in [-0.39, 0.29) is 5.78 Å². The van der Waals surface area contributed by atoms with Crippen molar-refractivity contribution >= 4 is 27.8 Å². The van der Waals surface area contributed by atoms with Crippen LogP contribution in [0.3, 0.4) is 0 Å². The van der Waals surface area contributed by atoms with E-state index in [0.717, 1.165) is 21.2 Å². The van der Waals surface area contributed by atoms with Gasteiger partial charge < -0.3 is 0 Å². The Morgan fingerprint density at radius 3 is 2.61 bits per heavy atom. The van der Waals surface area contributed by atoms with Gasteiger partial charge in [-0.1, -0.05) is 57.9 Å². The number of rotatable bonds is 3. The molecule has 0 spiro atoms. The van der Waals surface area contributed by atoms with E-state index in [1.165, 1.54) is 0 Å². The fourth-order valence-electron chi connectivity index (χ4n) is 1.68. The summed E-state index contributed by atoms with van der Waals surface area (Å²) in [5, 5.41) is 0. The number of ketones is 1. The fraction of sp³-hybridized carbons (Fsp3) is 0.0625. The second-order valence-electron chi connectivity index (χ2n) is 4.12. The Kier molecular flexibility index (Phi) is 4.11. The molecule has 0 aliphatic carbocycles. The predicted molar refractivity (Wildman–Crippen MR) is 78.7 cm³/mol. The van der Waals surface area contributed by atoms with E-state index >= 15 is 0 Å². The van der Waals surface area contributed by atoms with Gasteiger partial charge in [0.2, 0.25) is 0 Å². The molecule has 0 saturated carbocycles. The third-order valence-electron chi connectivity index (χ3n) is 2.58. The largest absolute Gasteiger partial charge is 0.289 e. The van der Waals surface area contributed by atoms with Gasteiger partial charge in [0.05, 0.1) is 0 Å². The molecule has 0 bridgehead atoms. The fourth-order valence-corrected chi connectivity index (χ4v) is 2.09. The van der Waals surface area contributed by atoms with E-state index in [0.29, 0.717) is 0 Å². The van der Waals surface area contributed by atoms with Gasteiger partial charge in [0.25, 0.3) is 0 Å². The summed E-state index contributed by atoms with van der Waals surface area (Å²) < 4.78 is 1.01. The third-order valence-corrected chi connectivity index (χ3v) is 3.07. The first-order chi connectivity index (χ1) is 8.65. The zero-order chi connectivity index (χ0) is 13.0. The van der Waals surface area contributed by atoms with Crippen LogP contribution in [0.2, 0.25) is 0 Å². The highest BCUT2D eigenvalue weighted by molar-refractivity contribution is 9.10. The lowest BCUT2D eigenvalue weighted by atomic mass is 10.1. The summed E-state index contributed by atoms with van der Waals surface area (Å²) in [7, 11) is 0. The van der Waals surface area contributed by atoms with Gasteiger partial charge in [-0.25, -0.2) is 0 Å². The SMILES string of the molecule is Cc1cccc(C(=O)/C=C/c2cccc(Br)c2)c1. The molecule has 2 aromatic carbocycles. The second-order valence-corrected chi connectivity index (χ2v) is 5.04. The van der Waals surface area contributed by atoms with Crippen molar-refractivity contribution in [1.29, 1.82) is 0 Å². The van der Waals surface area contributed by atoms with Crippen LogP contribution >= 0.6 is 15.9 Å². The minimum Gasteiger partial charge on any atom is -0.289 e. The summed E-state index contributed by atoms with van der Waals surface area (Å²) in [5.74, 6) is 0.0266.